The smallest absolute Gasteiger partial charge is 0.178 e. The number of hydrogen-bond donors (Lipinski definition) is 2. The van der Waals surface area contributed by atoms with Crippen LogP contribution in [0.2, 0.25) is 5.02 Å². The third kappa shape index (κ3) is 3.74. The third-order valence-electron chi connectivity index (χ3n) is 4.20. The van der Waals surface area contributed by atoms with Crippen LogP contribution in [0.4, 0.5) is 5.69 Å². The van der Waals surface area contributed by atoms with Crippen LogP contribution in [0, 0.1) is 0 Å². The standard InChI is InChI=1S/C20H19ClN4O2/c21-20-17(16-5-2-1-3-6-16)7-4-8-18(20)24-14-19-23-12-15(11-22-9-10-26)13-25(19)27-24/h1-8,12-14,22,26H,9-11H2. The number of fused-ring (bicyclic) bond motifs is 1. The van der Waals surface area contributed by atoms with Crippen molar-refractivity contribution in [2.45, 2.75) is 0 Å². The Balaban J connectivity index is 1.55. The lowest BCUT2D eigenvalue weighted by molar-refractivity contribution is -0.0756. The number of nitrogens with zero attached hydrogens (tertiary/aromatic N) is 3. The van der Waals surface area contributed by atoms with E-state index in [4.69, 9.17) is 21.6 Å². The minimum atomic E-state index is 0.0970. The maximum absolute atomic E-state index is 8.86. The van der Waals surface area contributed by atoms with Crippen molar-refractivity contribution in [3.8, 4) is 11.1 Å². The zero-order chi connectivity index (χ0) is 18.6. The number of anilines is 1. The van der Waals surface area contributed by atoms with Gasteiger partial charge in [0.25, 0.3) is 0 Å². The van der Waals surface area contributed by atoms with E-state index in [1.807, 2.05) is 54.7 Å². The molecule has 0 spiro atoms. The van der Waals surface area contributed by atoms with Crippen LogP contribution in [-0.4, -0.2) is 36.1 Å². The first-order valence-electron chi connectivity index (χ1n) is 8.65. The SMILES string of the molecule is OCCNCC1=CN2ON(c3cccc(-c4ccccc4)c3Cl)C=C2N=C1. The highest BCUT2D eigenvalue weighted by molar-refractivity contribution is 6.36. The van der Waals surface area contributed by atoms with Crippen LogP contribution >= 0.6 is 11.6 Å². The van der Waals surface area contributed by atoms with E-state index in [0.717, 1.165) is 22.4 Å². The van der Waals surface area contributed by atoms with E-state index in [1.165, 1.54) is 0 Å². The second-order valence-electron chi connectivity index (χ2n) is 6.09. The second-order valence-corrected chi connectivity index (χ2v) is 6.47. The first kappa shape index (κ1) is 17.8. The third-order valence-corrected chi connectivity index (χ3v) is 4.60. The molecule has 2 N–H and O–H groups in total. The molecular formula is C20H19ClN4O2. The largest absolute Gasteiger partial charge is 0.395 e. The summed E-state index contributed by atoms with van der Waals surface area (Å²) in [6.45, 7) is 1.23. The summed E-state index contributed by atoms with van der Waals surface area (Å²) < 4.78 is 0. The second kappa shape index (κ2) is 7.94. The molecule has 0 aromatic heterocycles. The monoisotopic (exact) mass is 382 g/mol. The molecule has 0 radical (unpaired) electrons. The van der Waals surface area contributed by atoms with Gasteiger partial charge in [0.2, 0.25) is 0 Å². The van der Waals surface area contributed by atoms with Crippen LogP contribution in [0.3, 0.4) is 0 Å². The Hall–Kier alpha value is -2.64. The number of aliphatic hydroxyl groups is 1. The number of benzene rings is 2. The van der Waals surface area contributed by atoms with E-state index in [1.54, 1.807) is 22.5 Å². The maximum Gasteiger partial charge on any atom is 0.178 e. The first-order chi connectivity index (χ1) is 13.3. The molecule has 2 aromatic carbocycles. The Morgan fingerprint density at radius 1 is 1.04 bits per heavy atom. The van der Waals surface area contributed by atoms with Crippen LogP contribution < -0.4 is 10.4 Å². The Morgan fingerprint density at radius 2 is 1.89 bits per heavy atom. The predicted octanol–water partition coefficient (Wildman–Crippen LogP) is 3.32. The zero-order valence-electron chi connectivity index (χ0n) is 14.5. The highest BCUT2D eigenvalue weighted by atomic mass is 35.5. The van der Waals surface area contributed by atoms with Crippen molar-refractivity contribution in [2.24, 2.45) is 4.99 Å². The molecule has 0 amide bonds. The molecule has 27 heavy (non-hydrogen) atoms. The number of aliphatic hydroxyl groups excluding tert-OH is 1. The van der Waals surface area contributed by atoms with Crippen molar-refractivity contribution < 1.29 is 10.0 Å². The summed E-state index contributed by atoms with van der Waals surface area (Å²) in [5, 5.41) is 15.8. The van der Waals surface area contributed by atoms with Crippen molar-refractivity contribution in [2.75, 3.05) is 24.8 Å². The fraction of sp³-hybridized carbons (Fsp3) is 0.150. The molecule has 0 atom stereocenters. The fourth-order valence-electron chi connectivity index (χ4n) is 2.88. The molecule has 138 valence electrons. The van der Waals surface area contributed by atoms with E-state index in [9.17, 15) is 0 Å². The van der Waals surface area contributed by atoms with Crippen molar-refractivity contribution in [1.82, 2.24) is 10.4 Å². The van der Waals surface area contributed by atoms with Gasteiger partial charge in [0, 0.05) is 36.6 Å². The van der Waals surface area contributed by atoms with Gasteiger partial charge in [-0.05, 0) is 11.6 Å². The van der Waals surface area contributed by atoms with Crippen LogP contribution in [0.1, 0.15) is 0 Å². The molecule has 7 heteroatoms. The van der Waals surface area contributed by atoms with Gasteiger partial charge >= 0.3 is 0 Å². The summed E-state index contributed by atoms with van der Waals surface area (Å²) in [6, 6.07) is 15.8. The lowest BCUT2D eigenvalue weighted by Crippen LogP contribution is -2.26. The minimum Gasteiger partial charge on any atom is -0.395 e. The van der Waals surface area contributed by atoms with Crippen LogP contribution in [-0.2, 0) is 4.94 Å². The summed E-state index contributed by atoms with van der Waals surface area (Å²) >= 11 is 6.68. The minimum absolute atomic E-state index is 0.0970. The van der Waals surface area contributed by atoms with Gasteiger partial charge in [0.1, 0.15) is 0 Å². The van der Waals surface area contributed by atoms with Gasteiger partial charge in [-0.2, -0.15) is 10.1 Å². The Labute approximate surface area is 162 Å². The maximum atomic E-state index is 8.86. The molecule has 2 aliphatic heterocycles. The number of nitrogens with one attached hydrogen (secondary N) is 1. The Kier molecular flexibility index (Phi) is 5.22. The molecule has 2 heterocycles. The van der Waals surface area contributed by atoms with E-state index in [-0.39, 0.29) is 6.61 Å². The van der Waals surface area contributed by atoms with Crippen molar-refractivity contribution in [3.63, 3.8) is 0 Å². The van der Waals surface area contributed by atoms with E-state index in [2.05, 4.69) is 10.3 Å². The lowest BCUT2D eigenvalue weighted by atomic mass is 10.1. The van der Waals surface area contributed by atoms with Gasteiger partial charge in [-0.3, -0.25) is 0 Å². The summed E-state index contributed by atoms with van der Waals surface area (Å²) in [7, 11) is 0. The summed E-state index contributed by atoms with van der Waals surface area (Å²) in [4.78, 5) is 10.3. The fourth-order valence-corrected chi connectivity index (χ4v) is 3.20. The Morgan fingerprint density at radius 3 is 2.70 bits per heavy atom. The molecule has 2 aromatic rings. The number of hydrogen-bond acceptors (Lipinski definition) is 6. The number of rotatable bonds is 6. The molecule has 4 rings (SSSR count). The number of hydroxylamine groups is 3. The van der Waals surface area contributed by atoms with E-state index in [0.29, 0.717) is 23.9 Å². The van der Waals surface area contributed by atoms with E-state index >= 15 is 0 Å². The molecule has 0 unspecified atom stereocenters. The molecular weight excluding hydrogens is 364 g/mol. The average Bonchev–Trinajstić information content (AvgIpc) is 3.12. The molecule has 0 saturated heterocycles. The normalized spacial score (nSPS) is 15.6. The molecule has 0 aliphatic carbocycles. The molecule has 0 bridgehead atoms. The van der Waals surface area contributed by atoms with Gasteiger partial charge in [-0.15, -0.1) is 4.94 Å². The van der Waals surface area contributed by atoms with Crippen molar-refractivity contribution >= 4 is 23.5 Å². The quantitative estimate of drug-likeness (QED) is 0.750. The van der Waals surface area contributed by atoms with Gasteiger partial charge in [-0.25, -0.2) is 4.99 Å². The first-order valence-corrected chi connectivity index (χ1v) is 9.03. The molecule has 6 nitrogen and oxygen atoms in total. The van der Waals surface area contributed by atoms with Crippen molar-refractivity contribution in [3.05, 3.63) is 77.3 Å². The van der Waals surface area contributed by atoms with Crippen LogP contribution in [0.5, 0.6) is 0 Å². The highest BCUT2D eigenvalue weighted by Crippen LogP contribution is 2.38. The summed E-state index contributed by atoms with van der Waals surface area (Å²) in [6.07, 6.45) is 5.43. The van der Waals surface area contributed by atoms with Gasteiger partial charge in [0.05, 0.1) is 23.5 Å². The molecule has 0 fully saturated rings. The van der Waals surface area contributed by atoms with Gasteiger partial charge < -0.3 is 10.4 Å². The topological polar surface area (TPSA) is 60.3 Å². The summed E-state index contributed by atoms with van der Waals surface area (Å²) in [5.74, 6) is 0.669. The van der Waals surface area contributed by atoms with Crippen LogP contribution in [0.15, 0.2) is 77.3 Å². The van der Waals surface area contributed by atoms with Gasteiger partial charge in [-0.1, -0.05) is 54.1 Å². The number of halogens is 1. The van der Waals surface area contributed by atoms with Gasteiger partial charge in [0.15, 0.2) is 5.82 Å². The molecule has 0 saturated carbocycles. The number of aliphatic imine (C=N–C) groups is 1. The predicted molar refractivity (Wildman–Crippen MR) is 107 cm³/mol. The summed E-state index contributed by atoms with van der Waals surface area (Å²) in [5.41, 5.74) is 3.67. The Bertz CT molecular complexity index is 911. The van der Waals surface area contributed by atoms with Crippen molar-refractivity contribution in [1.29, 1.82) is 0 Å². The highest BCUT2D eigenvalue weighted by Gasteiger charge is 2.26. The zero-order valence-corrected chi connectivity index (χ0v) is 15.3. The lowest BCUT2D eigenvalue weighted by Gasteiger charge is -2.21. The van der Waals surface area contributed by atoms with Crippen LogP contribution in [0.25, 0.3) is 11.1 Å². The van der Waals surface area contributed by atoms with E-state index < -0.39 is 0 Å². The molecule has 2 aliphatic rings. The average molecular weight is 383 g/mol.